The monoisotopic (exact) mass is 532 g/mol. The van der Waals surface area contributed by atoms with Crippen LogP contribution in [0.2, 0.25) is 0 Å². The lowest BCUT2D eigenvalue weighted by Crippen LogP contribution is -2.33. The zero-order valence-electron chi connectivity index (χ0n) is 20.6. The van der Waals surface area contributed by atoms with Crippen molar-refractivity contribution in [3.8, 4) is 17.5 Å². The number of thiazole rings is 1. The molecule has 190 valence electrons. The number of nitrogens with one attached hydrogen (secondary N) is 1. The standard InChI is InChI=1S/C28H20N8O2S/c1-17(32-27(37)23-24(29)34-35-15-6-13-31-26(23)35)25-33-20-10-5-7-18(11-12-21-30-14-16-39-21)22(20)28(38)36(25)19-8-3-2-4-9-19/h2-10,13-17H,1H3,(H2,29,34)(H,32,37)/t17-/m1/s1. The van der Waals surface area contributed by atoms with Gasteiger partial charge in [-0.1, -0.05) is 30.2 Å². The van der Waals surface area contributed by atoms with Gasteiger partial charge in [0.15, 0.2) is 16.5 Å². The number of aromatic nitrogens is 6. The van der Waals surface area contributed by atoms with E-state index in [1.165, 1.54) is 20.4 Å². The zero-order chi connectivity index (χ0) is 26.9. The Morgan fingerprint density at radius 1 is 1.05 bits per heavy atom. The van der Waals surface area contributed by atoms with Gasteiger partial charge in [-0.05, 0) is 43.2 Å². The molecule has 0 fully saturated rings. The molecule has 0 aliphatic rings. The number of benzene rings is 2. The first-order valence-electron chi connectivity index (χ1n) is 11.9. The molecule has 4 heterocycles. The molecular weight excluding hydrogens is 512 g/mol. The van der Waals surface area contributed by atoms with Crippen LogP contribution in [-0.4, -0.2) is 35.0 Å². The van der Waals surface area contributed by atoms with Crippen LogP contribution in [0.15, 0.2) is 83.4 Å². The summed E-state index contributed by atoms with van der Waals surface area (Å²) in [6.45, 7) is 1.76. The minimum absolute atomic E-state index is 0.0498. The lowest BCUT2D eigenvalue weighted by atomic mass is 10.1. The molecule has 0 aliphatic heterocycles. The van der Waals surface area contributed by atoms with Crippen LogP contribution in [0.1, 0.15) is 39.7 Å². The second kappa shape index (κ2) is 9.85. The Labute approximate surface area is 225 Å². The summed E-state index contributed by atoms with van der Waals surface area (Å²) in [7, 11) is 0. The fourth-order valence-electron chi connectivity index (χ4n) is 4.33. The third kappa shape index (κ3) is 4.39. The van der Waals surface area contributed by atoms with E-state index in [-0.39, 0.29) is 16.9 Å². The van der Waals surface area contributed by atoms with Crippen molar-refractivity contribution in [2.24, 2.45) is 0 Å². The van der Waals surface area contributed by atoms with Crippen LogP contribution in [0.5, 0.6) is 0 Å². The highest BCUT2D eigenvalue weighted by Crippen LogP contribution is 2.22. The molecule has 1 atom stereocenters. The van der Waals surface area contributed by atoms with Crippen molar-refractivity contribution in [3.05, 3.63) is 111 Å². The van der Waals surface area contributed by atoms with E-state index in [9.17, 15) is 9.59 Å². The van der Waals surface area contributed by atoms with Gasteiger partial charge in [-0.25, -0.2) is 19.5 Å². The van der Waals surface area contributed by atoms with Gasteiger partial charge in [0.2, 0.25) is 0 Å². The minimum Gasteiger partial charge on any atom is -0.381 e. The summed E-state index contributed by atoms with van der Waals surface area (Å²) in [5.74, 6) is 6.01. The quantitative estimate of drug-likeness (QED) is 0.333. The Kier molecular flexibility index (Phi) is 6.07. The zero-order valence-corrected chi connectivity index (χ0v) is 21.4. The number of fused-ring (bicyclic) bond motifs is 2. The average Bonchev–Trinajstić information content (AvgIpc) is 3.59. The molecule has 11 heteroatoms. The molecule has 0 bridgehead atoms. The summed E-state index contributed by atoms with van der Waals surface area (Å²) < 4.78 is 2.94. The molecule has 0 unspecified atom stereocenters. The van der Waals surface area contributed by atoms with Gasteiger partial charge in [-0.2, -0.15) is 0 Å². The van der Waals surface area contributed by atoms with Crippen LogP contribution in [0.4, 0.5) is 5.82 Å². The number of nitrogens with two attached hydrogens (primary N) is 1. The Balaban J connectivity index is 1.48. The summed E-state index contributed by atoms with van der Waals surface area (Å²) in [4.78, 5) is 40.7. The molecule has 39 heavy (non-hydrogen) atoms. The van der Waals surface area contributed by atoms with Crippen molar-refractivity contribution in [2.75, 3.05) is 5.73 Å². The Bertz CT molecular complexity index is 1970. The van der Waals surface area contributed by atoms with Crippen LogP contribution >= 0.6 is 11.3 Å². The van der Waals surface area contributed by atoms with Gasteiger partial charge in [0.05, 0.1) is 22.6 Å². The number of carbonyl (C=O) groups excluding carboxylic acids is 1. The van der Waals surface area contributed by atoms with Crippen molar-refractivity contribution in [1.29, 1.82) is 0 Å². The molecule has 6 rings (SSSR count). The van der Waals surface area contributed by atoms with Gasteiger partial charge in [-0.3, -0.25) is 14.2 Å². The van der Waals surface area contributed by atoms with E-state index in [1.54, 1.807) is 49.8 Å². The topological polar surface area (TPSA) is 133 Å². The predicted octanol–water partition coefficient (Wildman–Crippen LogP) is 3.36. The second-order valence-electron chi connectivity index (χ2n) is 8.58. The van der Waals surface area contributed by atoms with Gasteiger partial charge < -0.3 is 11.1 Å². The number of para-hydroxylation sites is 1. The molecule has 0 aliphatic carbocycles. The van der Waals surface area contributed by atoms with E-state index in [2.05, 4.69) is 32.2 Å². The lowest BCUT2D eigenvalue weighted by molar-refractivity contribution is 0.0940. The number of nitrogens with zero attached hydrogens (tertiary/aromatic N) is 6. The highest BCUT2D eigenvalue weighted by atomic mass is 32.1. The third-order valence-electron chi connectivity index (χ3n) is 6.06. The molecule has 3 N–H and O–H groups in total. The van der Waals surface area contributed by atoms with E-state index < -0.39 is 11.9 Å². The molecule has 0 saturated carbocycles. The number of anilines is 1. The normalized spacial score (nSPS) is 11.7. The van der Waals surface area contributed by atoms with Crippen molar-refractivity contribution in [3.63, 3.8) is 0 Å². The molecular formula is C28H20N8O2S. The third-order valence-corrected chi connectivity index (χ3v) is 6.75. The molecule has 10 nitrogen and oxygen atoms in total. The average molecular weight is 533 g/mol. The maximum absolute atomic E-state index is 14.1. The number of nitrogen functional groups attached to an aromatic ring is 1. The van der Waals surface area contributed by atoms with E-state index >= 15 is 0 Å². The van der Waals surface area contributed by atoms with Gasteiger partial charge in [0.25, 0.3) is 11.5 Å². The highest BCUT2D eigenvalue weighted by Gasteiger charge is 2.24. The van der Waals surface area contributed by atoms with Crippen LogP contribution in [-0.2, 0) is 0 Å². The first-order chi connectivity index (χ1) is 19.0. The van der Waals surface area contributed by atoms with E-state index in [1.807, 2.05) is 35.7 Å². The first-order valence-corrected chi connectivity index (χ1v) is 12.8. The number of amides is 1. The number of carbonyl (C=O) groups is 1. The van der Waals surface area contributed by atoms with Gasteiger partial charge in [0.1, 0.15) is 11.4 Å². The number of hydrogen-bond acceptors (Lipinski definition) is 8. The summed E-state index contributed by atoms with van der Waals surface area (Å²) >= 11 is 1.42. The highest BCUT2D eigenvalue weighted by molar-refractivity contribution is 7.10. The van der Waals surface area contributed by atoms with Gasteiger partial charge >= 0.3 is 0 Å². The SMILES string of the molecule is C[C@@H](NC(=O)c1c(N)nn2cccnc12)c1nc2cccc(C#Cc3nccs3)c2c(=O)n1-c1ccccc1. The Morgan fingerprint density at radius 2 is 1.90 bits per heavy atom. The van der Waals surface area contributed by atoms with Crippen molar-refractivity contribution in [1.82, 2.24) is 34.4 Å². The summed E-state index contributed by atoms with van der Waals surface area (Å²) in [5, 5.41) is 9.96. The second-order valence-corrected chi connectivity index (χ2v) is 9.47. The van der Waals surface area contributed by atoms with E-state index in [0.29, 0.717) is 38.6 Å². The first kappa shape index (κ1) is 24.0. The minimum atomic E-state index is -0.682. The Morgan fingerprint density at radius 3 is 2.69 bits per heavy atom. The van der Waals surface area contributed by atoms with Crippen LogP contribution in [0.25, 0.3) is 22.2 Å². The maximum atomic E-state index is 14.1. The number of rotatable bonds is 4. The summed E-state index contributed by atoms with van der Waals surface area (Å²) in [5.41, 5.74) is 7.83. The lowest BCUT2D eigenvalue weighted by Gasteiger charge is -2.20. The smallest absolute Gasteiger partial charge is 0.267 e. The fraction of sp³-hybridized carbons (Fsp3) is 0.0714. The molecule has 0 radical (unpaired) electrons. The predicted molar refractivity (Wildman–Crippen MR) is 149 cm³/mol. The van der Waals surface area contributed by atoms with Crippen molar-refractivity contribution >= 4 is 39.6 Å². The van der Waals surface area contributed by atoms with Crippen molar-refractivity contribution in [2.45, 2.75) is 13.0 Å². The largest absolute Gasteiger partial charge is 0.381 e. The Hall–Kier alpha value is -5.34. The van der Waals surface area contributed by atoms with Crippen LogP contribution < -0.4 is 16.6 Å². The van der Waals surface area contributed by atoms with Gasteiger partial charge in [0, 0.05) is 29.5 Å². The van der Waals surface area contributed by atoms with Crippen LogP contribution in [0, 0.1) is 11.8 Å². The molecule has 2 aromatic carbocycles. The molecule has 0 spiro atoms. The molecule has 4 aromatic heterocycles. The molecule has 0 saturated heterocycles. The fourth-order valence-corrected chi connectivity index (χ4v) is 4.81. The summed E-state index contributed by atoms with van der Waals surface area (Å²) in [6, 6.07) is 15.5. The maximum Gasteiger partial charge on any atom is 0.267 e. The van der Waals surface area contributed by atoms with Crippen molar-refractivity contribution < 1.29 is 4.79 Å². The van der Waals surface area contributed by atoms with E-state index in [0.717, 1.165) is 0 Å². The molecule has 6 aromatic rings. The number of hydrogen-bond donors (Lipinski definition) is 2. The summed E-state index contributed by atoms with van der Waals surface area (Å²) in [6.07, 6.45) is 4.90. The van der Waals surface area contributed by atoms with Gasteiger partial charge in [-0.15, -0.1) is 16.4 Å². The van der Waals surface area contributed by atoms with E-state index in [4.69, 9.17) is 10.7 Å². The van der Waals surface area contributed by atoms with Crippen LogP contribution in [0.3, 0.4) is 0 Å². The molecule has 1 amide bonds.